The van der Waals surface area contributed by atoms with Gasteiger partial charge < -0.3 is 24.5 Å². The van der Waals surface area contributed by atoms with E-state index in [4.69, 9.17) is 14.5 Å². The summed E-state index contributed by atoms with van der Waals surface area (Å²) in [5.41, 5.74) is 3.47. The van der Waals surface area contributed by atoms with Crippen LogP contribution in [0.15, 0.2) is 36.4 Å². The van der Waals surface area contributed by atoms with Crippen LogP contribution in [0.1, 0.15) is 65.5 Å². The first-order valence-corrected chi connectivity index (χ1v) is 12.4. The second kappa shape index (κ2) is 9.80. The van der Waals surface area contributed by atoms with Crippen molar-refractivity contribution in [1.82, 2.24) is 9.55 Å². The highest BCUT2D eigenvalue weighted by Crippen LogP contribution is 2.46. The van der Waals surface area contributed by atoms with Crippen molar-refractivity contribution >= 4 is 28.6 Å². The molecule has 7 nitrogen and oxygen atoms in total. The Hall–Kier alpha value is -3.22. The first kappa shape index (κ1) is 24.9. The number of imidazole rings is 1. The molecule has 0 saturated heterocycles. The number of aliphatic carboxylic acids is 1. The largest absolute Gasteiger partial charge is 0.496 e. The number of carbonyl (C=O) groups is 1. The zero-order chi connectivity index (χ0) is 25.3. The van der Waals surface area contributed by atoms with E-state index in [2.05, 4.69) is 30.7 Å². The molecule has 2 aromatic carbocycles. The summed E-state index contributed by atoms with van der Waals surface area (Å²) >= 11 is 0. The summed E-state index contributed by atoms with van der Waals surface area (Å²) in [4.78, 5) is 16.4. The van der Waals surface area contributed by atoms with Gasteiger partial charge in [0.15, 0.2) is 0 Å². The number of aromatic nitrogens is 2. The van der Waals surface area contributed by atoms with Gasteiger partial charge in [0, 0.05) is 23.4 Å². The van der Waals surface area contributed by atoms with E-state index in [-0.39, 0.29) is 24.0 Å². The number of carboxylic acids is 1. The van der Waals surface area contributed by atoms with E-state index >= 15 is 0 Å². The fourth-order valence-electron chi connectivity index (χ4n) is 5.62. The van der Waals surface area contributed by atoms with Crippen molar-refractivity contribution in [2.24, 2.45) is 11.3 Å². The van der Waals surface area contributed by atoms with Gasteiger partial charge >= 0.3 is 5.97 Å². The molecule has 7 heteroatoms. The van der Waals surface area contributed by atoms with Crippen molar-refractivity contribution < 1.29 is 19.4 Å². The zero-order valence-corrected chi connectivity index (χ0v) is 21.6. The SMILES string of the molecule is COc1cc2c(cc1CC(=O)O)nc(Nc1ccc(OC(C)C)cc1)n2[C@H]1C[C@H](C)CC(C)(C)C1. The molecule has 0 bridgehead atoms. The topological polar surface area (TPSA) is 85.6 Å². The number of methoxy groups -OCH3 is 1. The van der Waals surface area contributed by atoms with E-state index in [1.165, 1.54) is 6.42 Å². The fraction of sp³-hybridized carbons (Fsp3) is 0.500. The van der Waals surface area contributed by atoms with Gasteiger partial charge in [-0.1, -0.05) is 20.8 Å². The van der Waals surface area contributed by atoms with Crippen molar-refractivity contribution in [3.8, 4) is 11.5 Å². The minimum absolute atomic E-state index is 0.112. The predicted molar refractivity (Wildman–Crippen MR) is 139 cm³/mol. The lowest BCUT2D eigenvalue weighted by Gasteiger charge is -2.40. The van der Waals surface area contributed by atoms with Gasteiger partial charge in [0.2, 0.25) is 5.95 Å². The predicted octanol–water partition coefficient (Wildman–Crippen LogP) is 6.59. The lowest BCUT2D eigenvalue weighted by atomic mass is 9.70. The molecule has 1 fully saturated rings. The molecule has 0 radical (unpaired) electrons. The molecule has 4 rings (SSSR count). The van der Waals surface area contributed by atoms with Crippen LogP contribution in [0.2, 0.25) is 0 Å². The van der Waals surface area contributed by atoms with Crippen molar-refractivity contribution in [3.63, 3.8) is 0 Å². The molecule has 1 heterocycles. The number of nitrogens with zero attached hydrogens (tertiary/aromatic N) is 2. The van der Waals surface area contributed by atoms with Crippen molar-refractivity contribution in [2.45, 2.75) is 72.4 Å². The van der Waals surface area contributed by atoms with Gasteiger partial charge in [-0.3, -0.25) is 4.79 Å². The lowest BCUT2D eigenvalue weighted by molar-refractivity contribution is -0.136. The number of benzene rings is 2. The molecular formula is C28H37N3O4. The summed E-state index contributed by atoms with van der Waals surface area (Å²) in [6.07, 6.45) is 3.30. The molecule has 35 heavy (non-hydrogen) atoms. The standard InChI is InChI=1S/C28H37N3O4/c1-17(2)35-22-9-7-20(8-10-22)29-27-30-23-12-19(13-26(32)33)25(34-6)14-24(23)31(27)21-11-18(3)15-28(4,5)16-21/h7-10,12,14,17-18,21H,11,13,15-16H2,1-6H3,(H,29,30)(H,32,33)/t18-,21-/m0/s1. The Labute approximate surface area is 207 Å². The van der Waals surface area contributed by atoms with E-state index in [9.17, 15) is 9.90 Å². The van der Waals surface area contributed by atoms with Crippen LogP contribution in [0.5, 0.6) is 11.5 Å². The molecule has 188 valence electrons. The molecule has 0 amide bonds. The number of nitrogens with one attached hydrogen (secondary N) is 1. The monoisotopic (exact) mass is 479 g/mol. The van der Waals surface area contributed by atoms with Gasteiger partial charge in [-0.25, -0.2) is 4.98 Å². The maximum atomic E-state index is 11.4. The minimum atomic E-state index is -0.896. The third-order valence-electron chi connectivity index (χ3n) is 6.64. The summed E-state index contributed by atoms with van der Waals surface area (Å²) < 4.78 is 13.7. The van der Waals surface area contributed by atoms with Crippen LogP contribution in [0.4, 0.5) is 11.6 Å². The molecule has 1 saturated carbocycles. The lowest BCUT2D eigenvalue weighted by Crippen LogP contribution is -2.29. The number of anilines is 2. The number of ether oxygens (including phenoxy) is 2. The summed E-state index contributed by atoms with van der Waals surface area (Å²) in [7, 11) is 1.58. The van der Waals surface area contributed by atoms with Crippen LogP contribution in [0.25, 0.3) is 11.0 Å². The summed E-state index contributed by atoms with van der Waals surface area (Å²) in [5, 5.41) is 12.9. The molecule has 2 N–H and O–H groups in total. The minimum Gasteiger partial charge on any atom is -0.496 e. The van der Waals surface area contributed by atoms with Gasteiger partial charge in [0.1, 0.15) is 11.5 Å². The number of carboxylic acid groups (broad SMARTS) is 1. The van der Waals surface area contributed by atoms with Crippen LogP contribution in [0, 0.1) is 11.3 Å². The van der Waals surface area contributed by atoms with Gasteiger partial charge in [-0.15, -0.1) is 0 Å². The molecule has 0 unspecified atom stereocenters. The Balaban J connectivity index is 1.80. The highest BCUT2D eigenvalue weighted by atomic mass is 16.5. The van der Waals surface area contributed by atoms with Crippen LogP contribution >= 0.6 is 0 Å². The maximum absolute atomic E-state index is 11.4. The van der Waals surface area contributed by atoms with E-state index in [1.807, 2.05) is 50.2 Å². The fourth-order valence-corrected chi connectivity index (χ4v) is 5.62. The Morgan fingerprint density at radius 3 is 2.54 bits per heavy atom. The van der Waals surface area contributed by atoms with E-state index in [0.717, 1.165) is 41.3 Å². The van der Waals surface area contributed by atoms with E-state index in [1.54, 1.807) is 7.11 Å². The Bertz CT molecular complexity index is 1200. The van der Waals surface area contributed by atoms with Crippen LogP contribution < -0.4 is 14.8 Å². The molecule has 3 aromatic rings. The van der Waals surface area contributed by atoms with Gasteiger partial charge in [0.05, 0.1) is 30.7 Å². The van der Waals surface area contributed by atoms with Crippen molar-refractivity contribution in [2.75, 3.05) is 12.4 Å². The van der Waals surface area contributed by atoms with Gasteiger partial charge in [-0.05, 0) is 74.8 Å². The molecule has 1 aliphatic carbocycles. The smallest absolute Gasteiger partial charge is 0.307 e. The Morgan fingerprint density at radius 2 is 1.94 bits per heavy atom. The third kappa shape index (κ3) is 5.72. The second-order valence-electron chi connectivity index (χ2n) is 10.9. The number of hydrogen-bond donors (Lipinski definition) is 2. The van der Waals surface area contributed by atoms with Gasteiger partial charge in [-0.2, -0.15) is 0 Å². The van der Waals surface area contributed by atoms with E-state index < -0.39 is 5.97 Å². The Kier molecular flexibility index (Phi) is 6.97. The van der Waals surface area contributed by atoms with Crippen molar-refractivity contribution in [1.29, 1.82) is 0 Å². The van der Waals surface area contributed by atoms with Crippen LogP contribution in [-0.2, 0) is 11.2 Å². The number of hydrogen-bond acceptors (Lipinski definition) is 5. The summed E-state index contributed by atoms with van der Waals surface area (Å²) in [6.45, 7) is 11.0. The first-order valence-electron chi connectivity index (χ1n) is 12.4. The molecular weight excluding hydrogens is 442 g/mol. The highest BCUT2D eigenvalue weighted by Gasteiger charge is 2.35. The van der Waals surface area contributed by atoms with Crippen LogP contribution in [0.3, 0.4) is 0 Å². The molecule has 0 aliphatic heterocycles. The highest BCUT2D eigenvalue weighted by molar-refractivity contribution is 5.84. The quantitative estimate of drug-likeness (QED) is 0.379. The molecule has 0 spiro atoms. The van der Waals surface area contributed by atoms with Crippen molar-refractivity contribution in [3.05, 3.63) is 42.0 Å². The molecule has 2 atom stereocenters. The third-order valence-corrected chi connectivity index (χ3v) is 6.64. The second-order valence-corrected chi connectivity index (χ2v) is 10.9. The number of rotatable bonds is 8. The average molecular weight is 480 g/mol. The van der Waals surface area contributed by atoms with Gasteiger partial charge in [0.25, 0.3) is 0 Å². The Morgan fingerprint density at radius 1 is 1.23 bits per heavy atom. The first-order chi connectivity index (χ1) is 16.5. The summed E-state index contributed by atoms with van der Waals surface area (Å²) in [5.74, 6) is 1.85. The van der Waals surface area contributed by atoms with Crippen LogP contribution in [-0.4, -0.2) is 33.8 Å². The summed E-state index contributed by atoms with van der Waals surface area (Å²) in [6, 6.07) is 11.9. The molecule has 1 aliphatic rings. The molecule has 1 aromatic heterocycles. The zero-order valence-electron chi connectivity index (χ0n) is 21.6. The maximum Gasteiger partial charge on any atom is 0.307 e. The normalized spacial score (nSPS) is 19.6. The van der Waals surface area contributed by atoms with E-state index in [0.29, 0.717) is 17.2 Å². The average Bonchev–Trinajstić information content (AvgIpc) is 3.08. The number of fused-ring (bicyclic) bond motifs is 1.